The van der Waals surface area contributed by atoms with Crippen LogP contribution in [0.15, 0.2) is 17.0 Å². The molecular formula is C13H21Cl2N3O2S. The summed E-state index contributed by atoms with van der Waals surface area (Å²) < 4.78 is 27.4. The average Bonchev–Trinajstić information content (AvgIpc) is 2.33. The summed E-state index contributed by atoms with van der Waals surface area (Å²) in [5.74, 6) is 0. The number of nitrogens with two attached hydrogens (primary N) is 1. The van der Waals surface area contributed by atoms with Crippen LogP contribution in [0.4, 0.5) is 5.69 Å². The van der Waals surface area contributed by atoms with E-state index in [1.165, 1.54) is 12.1 Å². The van der Waals surface area contributed by atoms with E-state index in [0.29, 0.717) is 11.6 Å². The molecule has 0 saturated heterocycles. The number of sulfonamides is 1. The Labute approximate surface area is 136 Å². The highest BCUT2D eigenvalue weighted by Crippen LogP contribution is 2.31. The smallest absolute Gasteiger partial charge is 0.244 e. The summed E-state index contributed by atoms with van der Waals surface area (Å²) in [5, 5.41) is 0.315. The second-order valence-electron chi connectivity index (χ2n) is 4.81. The Hall–Kier alpha value is -0.530. The van der Waals surface area contributed by atoms with Crippen LogP contribution in [0.5, 0.6) is 0 Å². The zero-order chi connectivity index (χ0) is 16.2. The predicted molar refractivity (Wildman–Crippen MR) is 88.4 cm³/mol. The predicted octanol–water partition coefficient (Wildman–Crippen LogP) is 2.58. The van der Waals surface area contributed by atoms with Gasteiger partial charge in [-0.15, -0.1) is 0 Å². The molecule has 1 atom stereocenters. The molecule has 8 heteroatoms. The lowest BCUT2D eigenvalue weighted by molar-refractivity contribution is 0.282. The van der Waals surface area contributed by atoms with Crippen LogP contribution >= 0.6 is 23.2 Å². The van der Waals surface area contributed by atoms with E-state index in [2.05, 4.69) is 9.62 Å². The Kier molecular flexibility index (Phi) is 6.74. The molecule has 0 spiro atoms. The normalized spacial score (nSPS) is 13.6. The van der Waals surface area contributed by atoms with Crippen molar-refractivity contribution in [2.24, 2.45) is 0 Å². The minimum absolute atomic E-state index is 0.0162. The molecular weight excluding hydrogens is 333 g/mol. The van der Waals surface area contributed by atoms with Gasteiger partial charge in [0.1, 0.15) is 4.90 Å². The van der Waals surface area contributed by atoms with E-state index in [-0.39, 0.29) is 21.6 Å². The van der Waals surface area contributed by atoms with Crippen molar-refractivity contribution in [1.82, 2.24) is 9.62 Å². The Morgan fingerprint density at radius 2 is 1.86 bits per heavy atom. The average molecular weight is 354 g/mol. The van der Waals surface area contributed by atoms with Gasteiger partial charge in [-0.1, -0.05) is 37.0 Å². The minimum Gasteiger partial charge on any atom is -0.398 e. The fourth-order valence-corrected chi connectivity index (χ4v) is 4.31. The van der Waals surface area contributed by atoms with Crippen molar-refractivity contribution in [2.75, 3.05) is 25.4 Å². The van der Waals surface area contributed by atoms with Gasteiger partial charge in [0.05, 0.1) is 10.7 Å². The highest BCUT2D eigenvalue weighted by atomic mass is 35.5. The van der Waals surface area contributed by atoms with E-state index >= 15 is 0 Å². The van der Waals surface area contributed by atoms with Gasteiger partial charge >= 0.3 is 0 Å². The maximum Gasteiger partial charge on any atom is 0.244 e. The van der Waals surface area contributed by atoms with Gasteiger partial charge < -0.3 is 10.6 Å². The fraction of sp³-hybridized carbons (Fsp3) is 0.538. The van der Waals surface area contributed by atoms with Crippen LogP contribution in [0.25, 0.3) is 0 Å². The zero-order valence-electron chi connectivity index (χ0n) is 12.4. The summed E-state index contributed by atoms with van der Waals surface area (Å²) in [6, 6.07) is 2.47. The van der Waals surface area contributed by atoms with Gasteiger partial charge in [0.2, 0.25) is 10.0 Å². The van der Waals surface area contributed by atoms with E-state index < -0.39 is 10.0 Å². The van der Waals surface area contributed by atoms with Crippen molar-refractivity contribution in [3.63, 3.8) is 0 Å². The molecule has 0 heterocycles. The summed E-state index contributed by atoms with van der Waals surface area (Å²) in [6.45, 7) is 8.17. The molecule has 1 aromatic rings. The molecule has 0 saturated carbocycles. The number of likely N-dealkylation sites (N-methyl/N-ethyl adjacent to an activating group) is 1. The monoisotopic (exact) mass is 353 g/mol. The molecule has 0 aliphatic rings. The molecule has 21 heavy (non-hydrogen) atoms. The lowest BCUT2D eigenvalue weighted by Gasteiger charge is -2.23. The standard InChI is InChI=1S/C13H21Cl2N3O2S/c1-4-18(5-2)8-9(3)17-21(19,20)13-11(15)6-10(14)7-12(13)16/h6-7,9,17H,4-5,8,16H2,1-3H3. The molecule has 0 aromatic heterocycles. The van der Waals surface area contributed by atoms with Crippen molar-refractivity contribution in [1.29, 1.82) is 0 Å². The fourth-order valence-electron chi connectivity index (χ4n) is 2.09. The molecule has 5 nitrogen and oxygen atoms in total. The van der Waals surface area contributed by atoms with E-state index in [1.807, 2.05) is 13.8 Å². The number of benzene rings is 1. The molecule has 0 aliphatic carbocycles. The lowest BCUT2D eigenvalue weighted by Crippen LogP contribution is -2.42. The molecule has 0 bridgehead atoms. The van der Waals surface area contributed by atoms with Gasteiger partial charge in [0.15, 0.2) is 0 Å². The zero-order valence-corrected chi connectivity index (χ0v) is 14.7. The first-order chi connectivity index (χ1) is 9.71. The summed E-state index contributed by atoms with van der Waals surface area (Å²) in [4.78, 5) is 2.00. The molecule has 3 N–H and O–H groups in total. The molecule has 1 rings (SSSR count). The van der Waals surface area contributed by atoms with Crippen molar-refractivity contribution < 1.29 is 8.42 Å². The molecule has 0 aliphatic heterocycles. The third-order valence-electron chi connectivity index (χ3n) is 3.09. The summed E-state index contributed by atoms with van der Waals surface area (Å²) in [5.41, 5.74) is 5.78. The summed E-state index contributed by atoms with van der Waals surface area (Å²) in [7, 11) is -3.79. The topological polar surface area (TPSA) is 75.4 Å². The van der Waals surface area contributed by atoms with Crippen LogP contribution in [0.1, 0.15) is 20.8 Å². The SMILES string of the molecule is CCN(CC)CC(C)NS(=O)(=O)c1c(N)cc(Cl)cc1Cl. The van der Waals surface area contributed by atoms with E-state index in [4.69, 9.17) is 28.9 Å². The first-order valence-electron chi connectivity index (χ1n) is 6.70. The second-order valence-corrected chi connectivity index (χ2v) is 7.31. The molecule has 0 radical (unpaired) electrons. The van der Waals surface area contributed by atoms with Crippen molar-refractivity contribution in [2.45, 2.75) is 31.7 Å². The van der Waals surface area contributed by atoms with Crippen molar-refractivity contribution in [3.8, 4) is 0 Å². The summed E-state index contributed by atoms with van der Waals surface area (Å²) >= 11 is 11.8. The lowest BCUT2D eigenvalue weighted by atomic mass is 10.3. The number of halogens is 2. The Balaban J connectivity index is 2.97. The highest BCUT2D eigenvalue weighted by molar-refractivity contribution is 7.89. The molecule has 1 aromatic carbocycles. The maximum absolute atomic E-state index is 12.4. The summed E-state index contributed by atoms with van der Waals surface area (Å²) in [6.07, 6.45) is 0. The van der Waals surface area contributed by atoms with Crippen LogP contribution in [-0.4, -0.2) is 39.0 Å². The number of nitrogens with one attached hydrogen (secondary N) is 1. The molecule has 0 fully saturated rings. The maximum atomic E-state index is 12.4. The largest absolute Gasteiger partial charge is 0.398 e. The van der Waals surface area contributed by atoms with Crippen molar-refractivity contribution >= 4 is 38.9 Å². The van der Waals surface area contributed by atoms with Gasteiger partial charge in [-0.2, -0.15) is 0 Å². The van der Waals surface area contributed by atoms with Gasteiger partial charge in [-0.25, -0.2) is 13.1 Å². The Bertz CT molecular complexity index is 566. The number of nitrogens with zero attached hydrogens (tertiary/aromatic N) is 1. The third kappa shape index (κ3) is 5.00. The van der Waals surface area contributed by atoms with Crippen LogP contribution in [-0.2, 0) is 10.0 Å². The number of anilines is 1. The second kappa shape index (κ2) is 7.65. The van der Waals surface area contributed by atoms with Gasteiger partial charge in [-0.05, 0) is 32.1 Å². The number of hydrogen-bond donors (Lipinski definition) is 2. The van der Waals surface area contributed by atoms with Crippen LogP contribution in [0.2, 0.25) is 10.0 Å². The third-order valence-corrected chi connectivity index (χ3v) is 5.42. The first kappa shape index (κ1) is 18.5. The van der Waals surface area contributed by atoms with E-state index in [9.17, 15) is 8.42 Å². The van der Waals surface area contributed by atoms with Crippen LogP contribution in [0, 0.1) is 0 Å². The van der Waals surface area contributed by atoms with Crippen molar-refractivity contribution in [3.05, 3.63) is 22.2 Å². The number of hydrogen-bond acceptors (Lipinski definition) is 4. The first-order valence-corrected chi connectivity index (χ1v) is 8.94. The number of rotatable bonds is 7. The molecule has 0 amide bonds. The molecule has 1 unspecified atom stereocenters. The Morgan fingerprint density at radius 3 is 2.33 bits per heavy atom. The molecule has 120 valence electrons. The van der Waals surface area contributed by atoms with E-state index in [0.717, 1.165) is 13.1 Å². The minimum atomic E-state index is -3.79. The van der Waals surface area contributed by atoms with Crippen LogP contribution < -0.4 is 10.5 Å². The van der Waals surface area contributed by atoms with E-state index in [1.54, 1.807) is 6.92 Å². The van der Waals surface area contributed by atoms with Gasteiger partial charge in [0.25, 0.3) is 0 Å². The Morgan fingerprint density at radius 1 is 1.29 bits per heavy atom. The quantitative estimate of drug-likeness (QED) is 0.738. The number of nitrogen functional groups attached to an aromatic ring is 1. The van der Waals surface area contributed by atoms with Gasteiger partial charge in [0, 0.05) is 17.6 Å². The van der Waals surface area contributed by atoms with Gasteiger partial charge in [-0.3, -0.25) is 0 Å². The highest BCUT2D eigenvalue weighted by Gasteiger charge is 2.24. The van der Waals surface area contributed by atoms with Crippen LogP contribution in [0.3, 0.4) is 0 Å².